The first-order valence-electron chi connectivity index (χ1n) is 5.86. The molecule has 0 bridgehead atoms. The Hall–Kier alpha value is -2.33. The number of nitrogens with one attached hydrogen (secondary N) is 1. The lowest BCUT2D eigenvalue weighted by Crippen LogP contribution is -2.22. The van der Waals surface area contributed by atoms with E-state index >= 15 is 0 Å². The molecule has 1 heterocycles. The minimum Gasteiger partial charge on any atom is -0.416 e. The molecule has 1 aromatic carbocycles. The number of thioether (sulfide) groups is 1. The number of aryl methyl sites for hydroxylation is 1. The van der Waals surface area contributed by atoms with Crippen LogP contribution in [0.1, 0.15) is 18.4 Å². The third-order valence-corrected chi connectivity index (χ3v) is 3.35. The fourth-order valence-corrected chi connectivity index (χ4v) is 2.17. The van der Waals surface area contributed by atoms with Gasteiger partial charge in [0.1, 0.15) is 0 Å². The summed E-state index contributed by atoms with van der Waals surface area (Å²) in [6.45, 7) is 3.43. The van der Waals surface area contributed by atoms with Crippen molar-refractivity contribution in [3.63, 3.8) is 0 Å². The second-order valence-corrected chi connectivity index (χ2v) is 5.32. The van der Waals surface area contributed by atoms with Crippen LogP contribution in [0.4, 0.5) is 5.69 Å². The van der Waals surface area contributed by atoms with Crippen LogP contribution in [-0.4, -0.2) is 21.4 Å². The van der Waals surface area contributed by atoms with Crippen molar-refractivity contribution in [3.8, 4) is 6.07 Å². The molecule has 20 heavy (non-hydrogen) atoms. The van der Waals surface area contributed by atoms with E-state index in [-0.39, 0.29) is 11.2 Å². The lowest BCUT2D eigenvalue weighted by Gasteiger charge is -2.09. The van der Waals surface area contributed by atoms with E-state index in [1.54, 1.807) is 38.1 Å². The maximum absolute atomic E-state index is 12.0. The molecule has 1 aromatic heterocycles. The molecular weight excluding hydrogens is 276 g/mol. The lowest BCUT2D eigenvalue weighted by atomic mass is 10.2. The van der Waals surface area contributed by atoms with E-state index in [9.17, 15) is 4.79 Å². The Morgan fingerprint density at radius 2 is 2.30 bits per heavy atom. The Bertz CT molecular complexity index is 662. The summed E-state index contributed by atoms with van der Waals surface area (Å²) in [5.41, 5.74) is 1.08. The van der Waals surface area contributed by atoms with Gasteiger partial charge in [0, 0.05) is 12.6 Å². The van der Waals surface area contributed by atoms with E-state index < -0.39 is 0 Å². The number of carbonyl (C=O) groups excluding carboxylic acids is 1. The van der Waals surface area contributed by atoms with E-state index in [1.807, 2.05) is 6.07 Å². The number of benzene rings is 1. The van der Waals surface area contributed by atoms with Crippen LogP contribution in [0.5, 0.6) is 0 Å². The Kier molecular flexibility index (Phi) is 4.38. The molecule has 0 radical (unpaired) electrons. The number of aromatic nitrogens is 2. The Morgan fingerprint density at radius 3 is 2.95 bits per heavy atom. The number of amides is 1. The van der Waals surface area contributed by atoms with Gasteiger partial charge in [-0.15, -0.1) is 10.2 Å². The highest BCUT2D eigenvalue weighted by molar-refractivity contribution is 8.00. The van der Waals surface area contributed by atoms with Gasteiger partial charge in [-0.2, -0.15) is 5.26 Å². The third-order valence-electron chi connectivity index (χ3n) is 2.41. The van der Waals surface area contributed by atoms with Gasteiger partial charge in [-0.1, -0.05) is 17.8 Å². The van der Waals surface area contributed by atoms with Crippen molar-refractivity contribution in [2.75, 3.05) is 5.32 Å². The topological polar surface area (TPSA) is 91.8 Å². The summed E-state index contributed by atoms with van der Waals surface area (Å²) in [4.78, 5) is 12.0. The first kappa shape index (κ1) is 14.1. The molecule has 2 rings (SSSR count). The number of carbonyl (C=O) groups is 1. The highest BCUT2D eigenvalue weighted by Gasteiger charge is 2.17. The largest absolute Gasteiger partial charge is 0.416 e. The van der Waals surface area contributed by atoms with E-state index in [0.29, 0.717) is 22.4 Å². The van der Waals surface area contributed by atoms with Crippen LogP contribution in [0.3, 0.4) is 0 Å². The van der Waals surface area contributed by atoms with E-state index in [4.69, 9.17) is 9.68 Å². The quantitative estimate of drug-likeness (QED) is 0.868. The van der Waals surface area contributed by atoms with Crippen molar-refractivity contribution in [1.29, 1.82) is 5.26 Å². The van der Waals surface area contributed by atoms with Crippen LogP contribution in [0, 0.1) is 18.3 Å². The molecule has 102 valence electrons. The lowest BCUT2D eigenvalue weighted by molar-refractivity contribution is -0.115. The van der Waals surface area contributed by atoms with Crippen LogP contribution in [0.2, 0.25) is 0 Å². The van der Waals surface area contributed by atoms with Crippen LogP contribution in [0.15, 0.2) is 33.9 Å². The Balaban J connectivity index is 1.98. The van der Waals surface area contributed by atoms with Crippen LogP contribution < -0.4 is 5.32 Å². The van der Waals surface area contributed by atoms with E-state index in [0.717, 1.165) is 0 Å². The molecule has 0 aliphatic rings. The number of hydrogen-bond donors (Lipinski definition) is 1. The van der Waals surface area contributed by atoms with Gasteiger partial charge in [0.2, 0.25) is 11.8 Å². The number of nitrogens with zero attached hydrogens (tertiary/aromatic N) is 3. The van der Waals surface area contributed by atoms with E-state index in [1.165, 1.54) is 11.8 Å². The maximum Gasteiger partial charge on any atom is 0.277 e. The fraction of sp³-hybridized carbons (Fsp3) is 0.231. The molecule has 0 aliphatic heterocycles. The van der Waals surface area contributed by atoms with E-state index in [2.05, 4.69) is 15.5 Å². The summed E-state index contributed by atoms with van der Waals surface area (Å²) >= 11 is 1.18. The molecule has 0 aliphatic carbocycles. The standard InChI is InChI=1S/C13H12N4O2S/c1-8(20-13-17-16-9(2)19-13)12(18)15-11-5-3-4-10(6-11)7-14/h3-6,8H,1-2H3,(H,15,18). The first-order valence-corrected chi connectivity index (χ1v) is 6.74. The van der Waals surface area contributed by atoms with Crippen molar-refractivity contribution in [3.05, 3.63) is 35.7 Å². The predicted octanol–water partition coefficient (Wildman–Crippen LogP) is 2.37. The average molecular weight is 288 g/mol. The van der Waals surface area contributed by atoms with Crippen LogP contribution >= 0.6 is 11.8 Å². The molecule has 6 nitrogen and oxygen atoms in total. The molecule has 1 amide bonds. The molecule has 0 spiro atoms. The van der Waals surface area contributed by atoms with Gasteiger partial charge >= 0.3 is 0 Å². The van der Waals surface area contributed by atoms with Gasteiger partial charge in [0.15, 0.2) is 0 Å². The first-order chi connectivity index (χ1) is 9.58. The van der Waals surface area contributed by atoms with Gasteiger partial charge < -0.3 is 9.73 Å². The molecular formula is C13H12N4O2S. The van der Waals surface area contributed by atoms with Gasteiger partial charge in [0.25, 0.3) is 5.22 Å². The SMILES string of the molecule is Cc1nnc(SC(C)C(=O)Nc2cccc(C#N)c2)o1. The number of hydrogen-bond acceptors (Lipinski definition) is 6. The molecule has 1 unspecified atom stereocenters. The smallest absolute Gasteiger partial charge is 0.277 e. The summed E-state index contributed by atoms with van der Waals surface area (Å²) in [6.07, 6.45) is 0. The van der Waals surface area contributed by atoms with Crippen molar-refractivity contribution in [2.24, 2.45) is 0 Å². The summed E-state index contributed by atoms with van der Waals surface area (Å²) in [5.74, 6) is 0.266. The minimum absolute atomic E-state index is 0.194. The zero-order chi connectivity index (χ0) is 14.5. The molecule has 0 saturated carbocycles. The molecule has 0 fully saturated rings. The second-order valence-electron chi connectivity index (χ2n) is 4.03. The Labute approximate surface area is 120 Å². The normalized spacial score (nSPS) is 11.7. The number of anilines is 1. The Morgan fingerprint density at radius 1 is 1.50 bits per heavy atom. The minimum atomic E-state index is -0.388. The van der Waals surface area contributed by atoms with Gasteiger partial charge in [-0.3, -0.25) is 4.79 Å². The molecule has 1 atom stereocenters. The van der Waals surface area contributed by atoms with Crippen molar-refractivity contribution in [1.82, 2.24) is 10.2 Å². The zero-order valence-corrected chi connectivity index (χ0v) is 11.8. The summed E-state index contributed by atoms with van der Waals surface area (Å²) in [7, 11) is 0. The monoisotopic (exact) mass is 288 g/mol. The van der Waals surface area contributed by atoms with Gasteiger partial charge in [-0.05, 0) is 25.1 Å². The third kappa shape index (κ3) is 3.59. The van der Waals surface area contributed by atoms with Crippen LogP contribution in [0.25, 0.3) is 0 Å². The van der Waals surface area contributed by atoms with Crippen molar-refractivity contribution in [2.45, 2.75) is 24.3 Å². The highest BCUT2D eigenvalue weighted by Crippen LogP contribution is 2.22. The fourth-order valence-electron chi connectivity index (χ4n) is 1.44. The number of rotatable bonds is 4. The maximum atomic E-state index is 12.0. The molecule has 1 N–H and O–H groups in total. The highest BCUT2D eigenvalue weighted by atomic mass is 32.2. The number of nitriles is 1. The molecule has 0 saturated heterocycles. The average Bonchev–Trinajstić information content (AvgIpc) is 2.84. The predicted molar refractivity (Wildman–Crippen MR) is 74.1 cm³/mol. The van der Waals surface area contributed by atoms with Crippen LogP contribution in [-0.2, 0) is 4.79 Å². The van der Waals surface area contributed by atoms with Crippen molar-refractivity contribution < 1.29 is 9.21 Å². The zero-order valence-electron chi connectivity index (χ0n) is 11.0. The van der Waals surface area contributed by atoms with Gasteiger partial charge in [0.05, 0.1) is 16.9 Å². The van der Waals surface area contributed by atoms with Gasteiger partial charge in [-0.25, -0.2) is 0 Å². The summed E-state index contributed by atoms with van der Waals surface area (Å²) in [6, 6.07) is 8.76. The summed E-state index contributed by atoms with van der Waals surface area (Å²) < 4.78 is 5.21. The van der Waals surface area contributed by atoms with Crippen molar-refractivity contribution >= 4 is 23.4 Å². The molecule has 7 heteroatoms. The molecule has 2 aromatic rings. The second kappa shape index (κ2) is 6.21. The summed E-state index contributed by atoms with van der Waals surface area (Å²) in [5, 5.41) is 19.0.